The van der Waals surface area contributed by atoms with Crippen LogP contribution in [0.3, 0.4) is 0 Å². The van der Waals surface area contributed by atoms with Gasteiger partial charge in [0.05, 0.1) is 0 Å². The van der Waals surface area contributed by atoms with Crippen molar-refractivity contribution in [1.82, 2.24) is 4.48 Å². The van der Waals surface area contributed by atoms with Gasteiger partial charge in [0.2, 0.25) is 0 Å². The Kier molecular flexibility index (Phi) is 2.54. The van der Waals surface area contributed by atoms with Gasteiger partial charge in [0, 0.05) is 45.8 Å². The summed E-state index contributed by atoms with van der Waals surface area (Å²) in [6.45, 7) is 0.205. The van der Waals surface area contributed by atoms with E-state index < -0.39 is 0 Å². The molecular weight excluding hydrogens is 339 g/mol. The van der Waals surface area contributed by atoms with Crippen molar-refractivity contribution in [3.63, 3.8) is 0 Å². The molecule has 28 heavy (non-hydrogen) atoms. The lowest BCUT2D eigenvalue weighted by Crippen LogP contribution is -2.56. The SMILES string of the molecule is CN1c2ccccc2B2c3c(cccc31)-c1cccc3c4ccccc4n2c13. The van der Waals surface area contributed by atoms with Crippen molar-refractivity contribution in [3.05, 3.63) is 84.9 Å². The van der Waals surface area contributed by atoms with Crippen molar-refractivity contribution in [3.8, 4) is 11.1 Å². The lowest BCUT2D eigenvalue weighted by Gasteiger charge is -2.38. The summed E-state index contributed by atoms with van der Waals surface area (Å²) < 4.78 is 2.58. The van der Waals surface area contributed by atoms with Gasteiger partial charge in [-0.3, -0.25) is 0 Å². The molecule has 5 aromatic rings. The molecule has 7 rings (SSSR count). The number of para-hydroxylation sites is 3. The molecule has 0 unspecified atom stereocenters. The van der Waals surface area contributed by atoms with Crippen molar-refractivity contribution in [2.45, 2.75) is 0 Å². The maximum absolute atomic E-state index is 2.58. The minimum absolute atomic E-state index is 0.205. The molecule has 2 aliphatic heterocycles. The smallest absolute Gasteiger partial charge is 0.333 e. The number of nitrogens with zero attached hydrogens (tertiary/aromatic N) is 2. The van der Waals surface area contributed by atoms with E-state index >= 15 is 0 Å². The van der Waals surface area contributed by atoms with E-state index in [0.717, 1.165) is 0 Å². The van der Waals surface area contributed by atoms with Crippen molar-refractivity contribution in [2.24, 2.45) is 0 Å². The van der Waals surface area contributed by atoms with E-state index in [1.165, 1.54) is 55.2 Å². The molecule has 3 heterocycles. The predicted octanol–water partition coefficient (Wildman–Crippen LogP) is 4.51. The first-order valence-electron chi connectivity index (χ1n) is 9.82. The highest BCUT2D eigenvalue weighted by Crippen LogP contribution is 2.42. The zero-order chi connectivity index (χ0) is 18.4. The van der Waals surface area contributed by atoms with E-state index in [9.17, 15) is 0 Å². The highest BCUT2D eigenvalue weighted by molar-refractivity contribution is 6.90. The van der Waals surface area contributed by atoms with E-state index in [4.69, 9.17) is 0 Å². The normalized spacial score (nSPS) is 13.8. The van der Waals surface area contributed by atoms with Crippen LogP contribution >= 0.6 is 0 Å². The monoisotopic (exact) mass is 356 g/mol. The number of rotatable bonds is 0. The number of fused-ring (bicyclic) bond motifs is 7. The summed E-state index contributed by atoms with van der Waals surface area (Å²) in [7, 11) is 2.19. The summed E-state index contributed by atoms with van der Waals surface area (Å²) in [5.74, 6) is 0. The van der Waals surface area contributed by atoms with Crippen molar-refractivity contribution >= 4 is 51.0 Å². The molecule has 0 saturated carbocycles. The molecule has 0 spiro atoms. The predicted molar refractivity (Wildman–Crippen MR) is 120 cm³/mol. The van der Waals surface area contributed by atoms with Crippen LogP contribution in [-0.4, -0.2) is 18.4 Å². The van der Waals surface area contributed by atoms with Crippen LogP contribution in [0.25, 0.3) is 32.9 Å². The van der Waals surface area contributed by atoms with E-state index in [0.29, 0.717) is 0 Å². The Balaban J connectivity index is 1.77. The summed E-state index contributed by atoms with van der Waals surface area (Å²) in [6, 6.07) is 31.2. The minimum atomic E-state index is 0.205. The fraction of sp³-hybridized carbons (Fsp3) is 0.0400. The number of hydrogen-bond donors (Lipinski definition) is 0. The van der Waals surface area contributed by atoms with Gasteiger partial charge >= 0.3 is 6.85 Å². The molecule has 0 aliphatic carbocycles. The number of hydrogen-bond acceptors (Lipinski definition) is 1. The lowest BCUT2D eigenvalue weighted by molar-refractivity contribution is 1.20. The van der Waals surface area contributed by atoms with Crippen LogP contribution in [-0.2, 0) is 0 Å². The highest BCUT2D eigenvalue weighted by atomic mass is 15.1. The van der Waals surface area contributed by atoms with Crippen LogP contribution in [0.4, 0.5) is 11.4 Å². The molecule has 2 aliphatic rings. The first kappa shape index (κ1) is 14.6. The topological polar surface area (TPSA) is 8.17 Å². The summed E-state index contributed by atoms with van der Waals surface area (Å²) in [6.07, 6.45) is 0. The lowest BCUT2D eigenvalue weighted by atomic mass is 9.45. The Hall–Kier alpha value is -3.46. The minimum Gasteiger partial charge on any atom is -0.375 e. The van der Waals surface area contributed by atoms with Gasteiger partial charge in [-0.05, 0) is 34.7 Å². The van der Waals surface area contributed by atoms with Crippen molar-refractivity contribution in [2.75, 3.05) is 11.9 Å². The molecule has 0 N–H and O–H groups in total. The van der Waals surface area contributed by atoms with Crippen LogP contribution < -0.4 is 15.8 Å². The van der Waals surface area contributed by atoms with Gasteiger partial charge in [0.15, 0.2) is 0 Å². The molecule has 0 fully saturated rings. The molecule has 4 aromatic carbocycles. The zero-order valence-electron chi connectivity index (χ0n) is 15.6. The third-order valence-corrected chi connectivity index (χ3v) is 6.59. The molecule has 0 atom stereocenters. The summed E-state index contributed by atoms with van der Waals surface area (Å²) in [5.41, 5.74) is 10.8. The maximum atomic E-state index is 2.58. The van der Waals surface area contributed by atoms with E-state index in [2.05, 4.69) is 101 Å². The van der Waals surface area contributed by atoms with Gasteiger partial charge in [0.25, 0.3) is 0 Å². The van der Waals surface area contributed by atoms with Gasteiger partial charge in [-0.1, -0.05) is 66.7 Å². The fourth-order valence-corrected chi connectivity index (χ4v) is 5.48. The van der Waals surface area contributed by atoms with Gasteiger partial charge in [0.1, 0.15) is 0 Å². The first-order chi connectivity index (χ1) is 13.8. The number of anilines is 2. The van der Waals surface area contributed by atoms with Crippen molar-refractivity contribution < 1.29 is 0 Å². The number of aromatic nitrogens is 1. The second-order valence-corrected chi connectivity index (χ2v) is 7.85. The molecule has 2 nitrogen and oxygen atoms in total. The van der Waals surface area contributed by atoms with E-state index in [-0.39, 0.29) is 6.85 Å². The van der Waals surface area contributed by atoms with Gasteiger partial charge in [-0.25, -0.2) is 0 Å². The maximum Gasteiger partial charge on any atom is 0.333 e. The largest absolute Gasteiger partial charge is 0.375 e. The van der Waals surface area contributed by atoms with E-state index in [1.54, 1.807) is 0 Å². The first-order valence-corrected chi connectivity index (χ1v) is 9.82. The van der Waals surface area contributed by atoms with Gasteiger partial charge in [-0.15, -0.1) is 0 Å². The number of benzene rings is 4. The molecule has 0 bridgehead atoms. The zero-order valence-corrected chi connectivity index (χ0v) is 15.6. The van der Waals surface area contributed by atoms with Crippen LogP contribution in [0.1, 0.15) is 0 Å². The van der Waals surface area contributed by atoms with Crippen LogP contribution in [0, 0.1) is 0 Å². The van der Waals surface area contributed by atoms with Gasteiger partial charge < -0.3 is 9.38 Å². The molecule has 1 aromatic heterocycles. The summed E-state index contributed by atoms with van der Waals surface area (Å²) in [4.78, 5) is 2.35. The molecule has 0 saturated heterocycles. The Morgan fingerprint density at radius 1 is 0.643 bits per heavy atom. The molecular formula is C25H17BN2. The van der Waals surface area contributed by atoms with Crippen LogP contribution in [0.5, 0.6) is 0 Å². The van der Waals surface area contributed by atoms with Crippen LogP contribution in [0.2, 0.25) is 0 Å². The Morgan fingerprint density at radius 2 is 1.36 bits per heavy atom. The standard InChI is InChI=1S/C25H17BN2/c1-27-22-14-5-3-12-20(22)26-24-17(9-7-15-23(24)27)19-11-6-10-18-16-8-2-4-13-21(16)28(26)25(18)19/h2-15H,1H3. The molecule has 3 heteroatoms. The molecule has 0 radical (unpaired) electrons. The summed E-state index contributed by atoms with van der Waals surface area (Å²) >= 11 is 0. The Bertz CT molecular complexity index is 1450. The van der Waals surface area contributed by atoms with Gasteiger partial charge in [-0.2, -0.15) is 0 Å². The average Bonchev–Trinajstić information content (AvgIpc) is 3.09. The van der Waals surface area contributed by atoms with E-state index in [1.807, 2.05) is 0 Å². The average molecular weight is 356 g/mol. The highest BCUT2D eigenvalue weighted by Gasteiger charge is 2.40. The summed E-state index contributed by atoms with van der Waals surface area (Å²) in [5, 5.41) is 2.69. The fourth-order valence-electron chi connectivity index (χ4n) is 5.48. The van der Waals surface area contributed by atoms with Crippen molar-refractivity contribution in [1.29, 1.82) is 0 Å². The second-order valence-electron chi connectivity index (χ2n) is 7.85. The third kappa shape index (κ3) is 1.54. The molecule has 0 amide bonds. The quantitative estimate of drug-likeness (QED) is 0.364. The third-order valence-electron chi connectivity index (χ3n) is 6.59. The van der Waals surface area contributed by atoms with Crippen LogP contribution in [0.15, 0.2) is 84.9 Å². The Labute approximate surface area is 163 Å². The molecule has 130 valence electrons. The Morgan fingerprint density at radius 3 is 2.32 bits per heavy atom. The second kappa shape index (κ2) is 4.88.